The van der Waals surface area contributed by atoms with Crippen molar-refractivity contribution in [1.29, 1.82) is 0 Å². The van der Waals surface area contributed by atoms with Gasteiger partial charge in [-0.15, -0.1) is 0 Å². The van der Waals surface area contributed by atoms with Gasteiger partial charge in [-0.3, -0.25) is 14.3 Å². The highest BCUT2D eigenvalue weighted by atomic mass is 79.9. The van der Waals surface area contributed by atoms with E-state index in [9.17, 15) is 9.59 Å². The number of benzene rings is 1. The maximum atomic E-state index is 12.6. The first-order valence-electron chi connectivity index (χ1n) is 6.26. The van der Waals surface area contributed by atoms with E-state index in [0.29, 0.717) is 17.7 Å². The van der Waals surface area contributed by atoms with E-state index in [2.05, 4.69) is 20.9 Å². The van der Waals surface area contributed by atoms with Crippen LogP contribution in [0.15, 0.2) is 38.3 Å². The average molecular weight is 390 g/mol. The summed E-state index contributed by atoms with van der Waals surface area (Å²) in [4.78, 5) is 27.2. The van der Waals surface area contributed by atoms with Crippen LogP contribution >= 0.6 is 39.3 Å². The predicted octanol–water partition coefficient (Wildman–Crippen LogP) is 3.37. The predicted molar refractivity (Wildman–Crippen MR) is 92.4 cm³/mol. The standard InChI is InChI=1S/C14H14BrClN2O2S/c1-8(21-2)7-18-13(19)11(12(16)17-14(18)20)9-5-3-4-6-10(9)15/h3-6,8H,7H2,1-2H3,(H,17,20). The van der Waals surface area contributed by atoms with E-state index < -0.39 is 5.69 Å². The Bertz CT molecular complexity index is 772. The number of nitrogens with one attached hydrogen (secondary N) is 1. The van der Waals surface area contributed by atoms with Crippen LogP contribution < -0.4 is 11.2 Å². The Morgan fingerprint density at radius 2 is 2.05 bits per heavy atom. The topological polar surface area (TPSA) is 54.9 Å². The molecular weight excluding hydrogens is 376 g/mol. The number of halogens is 2. The monoisotopic (exact) mass is 388 g/mol. The van der Waals surface area contributed by atoms with Crippen molar-refractivity contribution in [3.8, 4) is 11.1 Å². The molecule has 0 saturated carbocycles. The number of aromatic amines is 1. The van der Waals surface area contributed by atoms with Gasteiger partial charge in [0.2, 0.25) is 0 Å². The Morgan fingerprint density at radius 3 is 2.67 bits per heavy atom. The van der Waals surface area contributed by atoms with E-state index in [-0.39, 0.29) is 16.0 Å². The zero-order valence-electron chi connectivity index (χ0n) is 11.5. The molecular formula is C14H14BrClN2O2S. The summed E-state index contributed by atoms with van der Waals surface area (Å²) in [5.41, 5.74) is 0.101. The van der Waals surface area contributed by atoms with Crippen molar-refractivity contribution in [2.24, 2.45) is 0 Å². The summed E-state index contributed by atoms with van der Waals surface area (Å²) >= 11 is 11.1. The molecule has 1 atom stereocenters. The van der Waals surface area contributed by atoms with E-state index in [0.717, 1.165) is 4.47 Å². The first-order valence-corrected chi connectivity index (χ1v) is 8.72. The molecule has 0 saturated heterocycles. The minimum atomic E-state index is -0.485. The van der Waals surface area contributed by atoms with E-state index in [1.54, 1.807) is 17.8 Å². The van der Waals surface area contributed by atoms with Crippen LogP contribution in [0, 0.1) is 0 Å². The van der Waals surface area contributed by atoms with Gasteiger partial charge < -0.3 is 0 Å². The van der Waals surface area contributed by atoms with Crippen LogP contribution in [0.4, 0.5) is 0 Å². The van der Waals surface area contributed by atoms with E-state index >= 15 is 0 Å². The molecule has 7 heteroatoms. The lowest BCUT2D eigenvalue weighted by Gasteiger charge is -2.13. The van der Waals surface area contributed by atoms with Crippen molar-refractivity contribution in [3.05, 3.63) is 54.7 Å². The SMILES string of the molecule is CSC(C)Cn1c(=O)[nH]c(Cl)c(-c2ccccc2Br)c1=O. The molecule has 21 heavy (non-hydrogen) atoms. The van der Waals surface area contributed by atoms with E-state index in [1.165, 1.54) is 4.57 Å². The molecule has 4 nitrogen and oxygen atoms in total. The fourth-order valence-electron chi connectivity index (χ4n) is 1.94. The number of rotatable bonds is 4. The molecule has 0 spiro atoms. The molecule has 1 aromatic carbocycles. The van der Waals surface area contributed by atoms with E-state index in [4.69, 9.17) is 11.6 Å². The van der Waals surface area contributed by atoms with Crippen molar-refractivity contribution in [2.75, 3.05) is 6.26 Å². The Kier molecular flexibility index (Phi) is 5.35. The van der Waals surface area contributed by atoms with Gasteiger partial charge in [0.05, 0.1) is 5.56 Å². The highest BCUT2D eigenvalue weighted by Crippen LogP contribution is 2.28. The molecule has 1 N–H and O–H groups in total. The molecule has 0 aliphatic carbocycles. The zero-order chi connectivity index (χ0) is 15.6. The van der Waals surface area contributed by atoms with Gasteiger partial charge >= 0.3 is 5.69 Å². The maximum Gasteiger partial charge on any atom is 0.329 e. The quantitative estimate of drug-likeness (QED) is 0.816. The molecule has 0 aliphatic rings. The molecule has 0 aliphatic heterocycles. The summed E-state index contributed by atoms with van der Waals surface area (Å²) in [5.74, 6) is 0. The third-order valence-electron chi connectivity index (χ3n) is 3.13. The molecule has 1 unspecified atom stereocenters. The van der Waals surface area contributed by atoms with Crippen LogP contribution in [0.3, 0.4) is 0 Å². The molecule has 2 aromatic rings. The normalized spacial score (nSPS) is 12.4. The third kappa shape index (κ3) is 3.44. The fraction of sp³-hybridized carbons (Fsp3) is 0.286. The van der Waals surface area contributed by atoms with Gasteiger partial charge in [-0.25, -0.2) is 4.79 Å². The molecule has 0 fully saturated rings. The highest BCUT2D eigenvalue weighted by molar-refractivity contribution is 9.10. The van der Waals surface area contributed by atoms with Crippen LogP contribution in [-0.2, 0) is 6.54 Å². The van der Waals surface area contributed by atoms with Crippen LogP contribution in [0.1, 0.15) is 6.92 Å². The fourth-order valence-corrected chi connectivity index (χ4v) is 2.98. The minimum absolute atomic E-state index is 0.0601. The smallest absolute Gasteiger partial charge is 0.297 e. The van der Waals surface area contributed by atoms with Gasteiger partial charge in [0.1, 0.15) is 5.15 Å². The lowest BCUT2D eigenvalue weighted by Crippen LogP contribution is -2.38. The number of nitrogens with zero attached hydrogens (tertiary/aromatic N) is 1. The lowest BCUT2D eigenvalue weighted by molar-refractivity contribution is 0.627. The largest absolute Gasteiger partial charge is 0.329 e. The lowest BCUT2D eigenvalue weighted by atomic mass is 10.1. The number of H-pyrrole nitrogens is 1. The average Bonchev–Trinajstić information content (AvgIpc) is 2.45. The van der Waals surface area contributed by atoms with E-state index in [1.807, 2.05) is 31.4 Å². The number of hydrogen-bond acceptors (Lipinski definition) is 3. The van der Waals surface area contributed by atoms with Crippen molar-refractivity contribution in [1.82, 2.24) is 9.55 Å². The van der Waals surface area contributed by atoms with Crippen molar-refractivity contribution in [2.45, 2.75) is 18.7 Å². The van der Waals surface area contributed by atoms with Gasteiger partial charge in [-0.05, 0) is 12.3 Å². The van der Waals surface area contributed by atoms with Gasteiger partial charge in [0, 0.05) is 21.8 Å². The highest BCUT2D eigenvalue weighted by Gasteiger charge is 2.17. The van der Waals surface area contributed by atoms with Crippen molar-refractivity contribution in [3.63, 3.8) is 0 Å². The molecule has 1 aromatic heterocycles. The summed E-state index contributed by atoms with van der Waals surface area (Å²) in [5, 5.41) is 0.210. The first-order chi connectivity index (χ1) is 9.95. The van der Waals surface area contributed by atoms with Crippen molar-refractivity contribution >= 4 is 39.3 Å². The second kappa shape index (κ2) is 6.85. The van der Waals surface area contributed by atoms with Gasteiger partial charge in [-0.2, -0.15) is 11.8 Å². The Hall–Kier alpha value is -0.980. The molecule has 0 amide bonds. The summed E-state index contributed by atoms with van der Waals surface area (Å²) in [6, 6.07) is 7.27. The van der Waals surface area contributed by atoms with Gasteiger partial charge in [-0.1, -0.05) is 52.7 Å². The molecule has 0 radical (unpaired) electrons. The summed E-state index contributed by atoms with van der Waals surface area (Å²) in [7, 11) is 0. The van der Waals surface area contributed by atoms with Crippen LogP contribution in [0.25, 0.3) is 11.1 Å². The molecule has 0 bridgehead atoms. The van der Waals surface area contributed by atoms with Gasteiger partial charge in [0.15, 0.2) is 0 Å². The zero-order valence-corrected chi connectivity index (χ0v) is 14.7. The minimum Gasteiger partial charge on any atom is -0.297 e. The first kappa shape index (κ1) is 16.4. The molecule has 112 valence electrons. The summed E-state index contributed by atoms with van der Waals surface area (Å²) in [6.45, 7) is 2.30. The second-order valence-corrected chi connectivity index (χ2v) is 7.07. The Labute approximate surface area is 139 Å². The molecule has 1 heterocycles. The van der Waals surface area contributed by atoms with Crippen LogP contribution in [-0.4, -0.2) is 21.1 Å². The van der Waals surface area contributed by atoms with Crippen LogP contribution in [0.5, 0.6) is 0 Å². The summed E-state index contributed by atoms with van der Waals surface area (Å²) < 4.78 is 1.95. The number of hydrogen-bond donors (Lipinski definition) is 1. The summed E-state index contributed by atoms with van der Waals surface area (Å²) in [6.07, 6.45) is 1.94. The van der Waals surface area contributed by atoms with Crippen molar-refractivity contribution < 1.29 is 0 Å². The third-order valence-corrected chi connectivity index (χ3v) is 5.05. The van der Waals surface area contributed by atoms with Crippen LogP contribution in [0.2, 0.25) is 5.15 Å². The maximum absolute atomic E-state index is 12.6. The van der Waals surface area contributed by atoms with Gasteiger partial charge in [0.25, 0.3) is 5.56 Å². The molecule has 2 rings (SSSR count). The number of aromatic nitrogens is 2. The Morgan fingerprint density at radius 1 is 1.38 bits per heavy atom. The number of thioether (sulfide) groups is 1. The second-order valence-electron chi connectivity index (χ2n) is 4.56. The Balaban J connectivity index is 2.68.